The molecule has 1 amide bonds. The Hall–Kier alpha value is -2.94. The molecule has 0 saturated carbocycles. The third-order valence-corrected chi connectivity index (χ3v) is 3.58. The van der Waals surface area contributed by atoms with Gasteiger partial charge in [0.2, 0.25) is 0 Å². The van der Waals surface area contributed by atoms with Gasteiger partial charge in [-0.05, 0) is 29.3 Å². The zero-order valence-corrected chi connectivity index (χ0v) is 12.3. The summed E-state index contributed by atoms with van der Waals surface area (Å²) in [6, 6.07) is 21.5. The molecule has 22 heavy (non-hydrogen) atoms. The number of hydrazone groups is 1. The van der Waals surface area contributed by atoms with E-state index in [1.807, 2.05) is 55.5 Å². The molecule has 3 heteroatoms. The summed E-state index contributed by atoms with van der Waals surface area (Å²) in [4.78, 5) is 12.1. The summed E-state index contributed by atoms with van der Waals surface area (Å²) in [6.45, 7) is 1.91. The van der Waals surface area contributed by atoms with E-state index in [-0.39, 0.29) is 5.91 Å². The fraction of sp³-hybridized carbons (Fsp3) is 0.0526. The monoisotopic (exact) mass is 288 g/mol. The summed E-state index contributed by atoms with van der Waals surface area (Å²) >= 11 is 0. The van der Waals surface area contributed by atoms with Gasteiger partial charge in [0.15, 0.2) is 0 Å². The number of benzene rings is 3. The first-order valence-corrected chi connectivity index (χ1v) is 7.12. The summed E-state index contributed by atoms with van der Waals surface area (Å²) < 4.78 is 0. The molecule has 0 bridgehead atoms. The van der Waals surface area contributed by atoms with Crippen molar-refractivity contribution < 1.29 is 4.79 Å². The molecule has 3 aromatic carbocycles. The molecular weight excluding hydrogens is 272 g/mol. The van der Waals surface area contributed by atoms with Gasteiger partial charge in [-0.3, -0.25) is 4.79 Å². The lowest BCUT2D eigenvalue weighted by molar-refractivity contribution is 0.0954. The van der Waals surface area contributed by atoms with Crippen molar-refractivity contribution in [3.63, 3.8) is 0 Å². The van der Waals surface area contributed by atoms with Crippen molar-refractivity contribution in [2.75, 3.05) is 0 Å². The van der Waals surface area contributed by atoms with Crippen molar-refractivity contribution >= 4 is 22.9 Å². The fourth-order valence-electron chi connectivity index (χ4n) is 2.41. The quantitative estimate of drug-likeness (QED) is 0.576. The van der Waals surface area contributed by atoms with Crippen molar-refractivity contribution in [2.24, 2.45) is 5.10 Å². The number of nitrogens with one attached hydrogen (secondary N) is 1. The van der Waals surface area contributed by atoms with E-state index in [9.17, 15) is 4.79 Å². The van der Waals surface area contributed by atoms with Gasteiger partial charge in [-0.25, -0.2) is 5.43 Å². The van der Waals surface area contributed by atoms with Crippen LogP contribution in [0, 0.1) is 6.92 Å². The largest absolute Gasteiger partial charge is 0.271 e. The molecule has 1 N–H and O–H groups in total. The van der Waals surface area contributed by atoms with E-state index < -0.39 is 0 Å². The molecule has 0 aliphatic carbocycles. The predicted molar refractivity (Wildman–Crippen MR) is 90.2 cm³/mol. The molecule has 3 rings (SSSR count). The highest BCUT2D eigenvalue weighted by atomic mass is 16.2. The standard InChI is InChI=1S/C19H16N2O/c1-14-7-2-4-11-17(14)19(22)21-20-13-16-10-6-9-15-8-3-5-12-18(15)16/h2-13H,1H3,(H,21,22). The average Bonchev–Trinajstić information content (AvgIpc) is 2.55. The number of fused-ring (bicyclic) bond motifs is 1. The molecule has 0 unspecified atom stereocenters. The number of amides is 1. The van der Waals surface area contributed by atoms with Crippen LogP contribution in [0.15, 0.2) is 71.8 Å². The van der Waals surface area contributed by atoms with Crippen LogP contribution in [0.3, 0.4) is 0 Å². The number of carbonyl (C=O) groups is 1. The number of aryl methyl sites for hydroxylation is 1. The Labute approximate surface area is 129 Å². The normalized spacial score (nSPS) is 11.0. The second kappa shape index (κ2) is 6.22. The van der Waals surface area contributed by atoms with Crippen molar-refractivity contribution in [1.82, 2.24) is 5.43 Å². The average molecular weight is 288 g/mol. The van der Waals surface area contributed by atoms with Crippen LogP contribution in [0.2, 0.25) is 0 Å². The van der Waals surface area contributed by atoms with Gasteiger partial charge in [0.25, 0.3) is 5.91 Å². The van der Waals surface area contributed by atoms with E-state index in [4.69, 9.17) is 0 Å². The molecule has 0 atom stereocenters. The molecule has 0 aliphatic heterocycles. The van der Waals surface area contributed by atoms with Crippen LogP contribution in [0.4, 0.5) is 0 Å². The van der Waals surface area contributed by atoms with Gasteiger partial charge in [-0.2, -0.15) is 5.10 Å². The third kappa shape index (κ3) is 2.88. The molecule has 3 aromatic rings. The Morgan fingerprint density at radius 3 is 2.55 bits per heavy atom. The molecule has 0 radical (unpaired) electrons. The molecule has 3 nitrogen and oxygen atoms in total. The summed E-state index contributed by atoms with van der Waals surface area (Å²) in [6.07, 6.45) is 1.68. The molecule has 0 fully saturated rings. The van der Waals surface area contributed by atoms with E-state index in [0.717, 1.165) is 21.9 Å². The first kappa shape index (κ1) is 14.0. The molecular formula is C19H16N2O. The van der Waals surface area contributed by atoms with E-state index in [1.54, 1.807) is 12.3 Å². The highest BCUT2D eigenvalue weighted by Gasteiger charge is 2.06. The van der Waals surface area contributed by atoms with Crippen LogP contribution in [0.25, 0.3) is 10.8 Å². The smallest absolute Gasteiger partial charge is 0.267 e. The molecule has 0 saturated heterocycles. The van der Waals surface area contributed by atoms with Gasteiger partial charge in [0.05, 0.1) is 6.21 Å². The summed E-state index contributed by atoms with van der Waals surface area (Å²) in [5.41, 5.74) is 5.13. The Balaban J connectivity index is 1.80. The predicted octanol–water partition coefficient (Wildman–Crippen LogP) is 3.91. The zero-order valence-electron chi connectivity index (χ0n) is 12.3. The molecule has 0 heterocycles. The Morgan fingerprint density at radius 2 is 1.68 bits per heavy atom. The van der Waals surface area contributed by atoms with Crippen molar-refractivity contribution in [1.29, 1.82) is 0 Å². The van der Waals surface area contributed by atoms with Crippen LogP contribution in [-0.4, -0.2) is 12.1 Å². The maximum atomic E-state index is 12.1. The lowest BCUT2D eigenvalue weighted by atomic mass is 10.1. The Morgan fingerprint density at radius 1 is 0.955 bits per heavy atom. The number of hydrogen-bond acceptors (Lipinski definition) is 2. The van der Waals surface area contributed by atoms with E-state index in [2.05, 4.69) is 22.7 Å². The van der Waals surface area contributed by atoms with E-state index >= 15 is 0 Å². The summed E-state index contributed by atoms with van der Waals surface area (Å²) in [5, 5.41) is 6.34. The SMILES string of the molecule is Cc1ccccc1C(=O)NN=Cc1cccc2ccccc12. The second-order valence-corrected chi connectivity index (χ2v) is 5.08. The molecule has 0 spiro atoms. The van der Waals surface area contributed by atoms with E-state index in [1.165, 1.54) is 0 Å². The van der Waals surface area contributed by atoms with Gasteiger partial charge in [0, 0.05) is 11.1 Å². The third-order valence-electron chi connectivity index (χ3n) is 3.58. The topological polar surface area (TPSA) is 41.5 Å². The number of hydrogen-bond donors (Lipinski definition) is 1. The minimum atomic E-state index is -0.199. The van der Waals surface area contributed by atoms with Gasteiger partial charge >= 0.3 is 0 Å². The number of carbonyl (C=O) groups excluding carboxylic acids is 1. The first-order chi connectivity index (χ1) is 10.8. The van der Waals surface area contributed by atoms with Gasteiger partial charge in [-0.1, -0.05) is 60.7 Å². The molecule has 0 aromatic heterocycles. The lowest BCUT2D eigenvalue weighted by Gasteiger charge is -2.04. The fourth-order valence-corrected chi connectivity index (χ4v) is 2.41. The van der Waals surface area contributed by atoms with Crippen LogP contribution in [0.5, 0.6) is 0 Å². The maximum absolute atomic E-state index is 12.1. The van der Waals surface area contributed by atoms with Gasteiger partial charge < -0.3 is 0 Å². The van der Waals surface area contributed by atoms with Crippen LogP contribution in [0.1, 0.15) is 21.5 Å². The highest BCUT2D eigenvalue weighted by molar-refractivity contribution is 6.01. The Bertz CT molecular complexity index is 847. The highest BCUT2D eigenvalue weighted by Crippen LogP contribution is 2.16. The van der Waals surface area contributed by atoms with Gasteiger partial charge in [0.1, 0.15) is 0 Å². The van der Waals surface area contributed by atoms with Crippen molar-refractivity contribution in [3.05, 3.63) is 83.4 Å². The summed E-state index contributed by atoms with van der Waals surface area (Å²) in [7, 11) is 0. The van der Waals surface area contributed by atoms with Crippen molar-refractivity contribution in [2.45, 2.75) is 6.92 Å². The first-order valence-electron chi connectivity index (χ1n) is 7.12. The van der Waals surface area contributed by atoms with Crippen LogP contribution < -0.4 is 5.43 Å². The number of rotatable bonds is 3. The number of nitrogens with zero attached hydrogens (tertiary/aromatic N) is 1. The maximum Gasteiger partial charge on any atom is 0.271 e. The lowest BCUT2D eigenvalue weighted by Crippen LogP contribution is -2.18. The second-order valence-electron chi connectivity index (χ2n) is 5.08. The van der Waals surface area contributed by atoms with Gasteiger partial charge in [-0.15, -0.1) is 0 Å². The molecule has 108 valence electrons. The van der Waals surface area contributed by atoms with Crippen LogP contribution >= 0.6 is 0 Å². The zero-order chi connectivity index (χ0) is 15.4. The molecule has 0 aliphatic rings. The minimum absolute atomic E-state index is 0.199. The van der Waals surface area contributed by atoms with E-state index in [0.29, 0.717) is 5.56 Å². The Kier molecular flexibility index (Phi) is 3.97. The van der Waals surface area contributed by atoms with Crippen LogP contribution in [-0.2, 0) is 0 Å². The van der Waals surface area contributed by atoms with Crippen molar-refractivity contribution in [3.8, 4) is 0 Å². The summed E-state index contributed by atoms with van der Waals surface area (Å²) in [5.74, 6) is -0.199. The minimum Gasteiger partial charge on any atom is -0.267 e.